The summed E-state index contributed by atoms with van der Waals surface area (Å²) >= 11 is 0. The Morgan fingerprint density at radius 2 is 1.37 bits per heavy atom. The lowest BCUT2D eigenvalue weighted by Gasteiger charge is -2.10. The van der Waals surface area contributed by atoms with Crippen molar-refractivity contribution < 1.29 is 9.53 Å². The number of hydrogen-bond acceptors (Lipinski definition) is 4. The molecule has 0 aliphatic heterocycles. The van der Waals surface area contributed by atoms with Crippen molar-refractivity contribution in [3.8, 4) is 28.3 Å². The smallest absolute Gasteiger partial charge is 0.258 e. The molecule has 0 aliphatic carbocycles. The molecule has 5 heteroatoms. The number of carbonyl (C=O) groups is 1. The Morgan fingerprint density at radius 1 is 0.800 bits per heavy atom. The zero-order valence-electron chi connectivity index (χ0n) is 16.8. The Morgan fingerprint density at radius 3 is 1.93 bits per heavy atom. The largest absolute Gasteiger partial charge is 0.497 e. The number of nitrogens with one attached hydrogen (secondary N) is 1. The zero-order valence-corrected chi connectivity index (χ0v) is 16.8. The number of benzene rings is 3. The molecule has 0 radical (unpaired) electrons. The third kappa shape index (κ3) is 4.36. The molecule has 30 heavy (non-hydrogen) atoms. The molecule has 5 nitrogen and oxygen atoms in total. The molecular formula is C25H21N3O2. The fourth-order valence-electron chi connectivity index (χ4n) is 3.05. The van der Waals surface area contributed by atoms with Crippen LogP contribution < -0.4 is 10.1 Å². The van der Waals surface area contributed by atoms with Crippen molar-refractivity contribution in [3.05, 3.63) is 96.1 Å². The first-order chi connectivity index (χ1) is 14.6. The molecule has 0 bridgehead atoms. The minimum atomic E-state index is -0.252. The average molecular weight is 395 g/mol. The van der Waals surface area contributed by atoms with Crippen molar-refractivity contribution in [2.45, 2.75) is 6.92 Å². The normalized spacial score (nSPS) is 10.5. The fourth-order valence-corrected chi connectivity index (χ4v) is 3.05. The summed E-state index contributed by atoms with van der Waals surface area (Å²) in [5, 5.41) is 2.83. The summed E-state index contributed by atoms with van der Waals surface area (Å²) in [5.74, 6) is 0.772. The molecule has 1 N–H and O–H groups in total. The summed E-state index contributed by atoms with van der Waals surface area (Å²) in [6.07, 6.45) is 0. The third-order valence-corrected chi connectivity index (χ3v) is 4.72. The van der Waals surface area contributed by atoms with E-state index in [0.29, 0.717) is 11.3 Å². The summed E-state index contributed by atoms with van der Waals surface area (Å²) < 4.78 is 5.24. The van der Waals surface area contributed by atoms with Gasteiger partial charge in [-0.2, -0.15) is 0 Å². The van der Waals surface area contributed by atoms with Gasteiger partial charge in [-0.15, -0.1) is 0 Å². The molecule has 0 unspecified atom stereocenters. The predicted octanol–water partition coefficient (Wildman–Crippen LogP) is 5.38. The van der Waals surface area contributed by atoms with Gasteiger partial charge < -0.3 is 4.74 Å². The summed E-state index contributed by atoms with van der Waals surface area (Å²) in [7, 11) is 1.63. The van der Waals surface area contributed by atoms with Crippen LogP contribution in [0.3, 0.4) is 0 Å². The van der Waals surface area contributed by atoms with E-state index in [-0.39, 0.29) is 11.9 Å². The molecule has 0 spiro atoms. The van der Waals surface area contributed by atoms with E-state index in [2.05, 4.69) is 15.3 Å². The number of methoxy groups -OCH3 is 1. The molecule has 148 valence electrons. The Bertz CT molecular complexity index is 1160. The van der Waals surface area contributed by atoms with E-state index in [0.717, 1.165) is 22.6 Å². The highest BCUT2D eigenvalue weighted by Crippen LogP contribution is 2.27. The fraction of sp³-hybridized carbons (Fsp3) is 0.0800. The van der Waals surface area contributed by atoms with Gasteiger partial charge in [-0.1, -0.05) is 48.0 Å². The van der Waals surface area contributed by atoms with Crippen LogP contribution in [0.15, 0.2) is 84.9 Å². The van der Waals surface area contributed by atoms with Crippen molar-refractivity contribution in [1.29, 1.82) is 0 Å². The van der Waals surface area contributed by atoms with Crippen LogP contribution in [-0.2, 0) is 0 Å². The maximum absolute atomic E-state index is 12.6. The van der Waals surface area contributed by atoms with Crippen LogP contribution in [-0.4, -0.2) is 23.0 Å². The Kier molecular flexibility index (Phi) is 5.52. The van der Waals surface area contributed by atoms with Gasteiger partial charge in [0.2, 0.25) is 5.95 Å². The number of anilines is 1. The van der Waals surface area contributed by atoms with E-state index < -0.39 is 0 Å². The minimum absolute atomic E-state index is 0.252. The monoisotopic (exact) mass is 395 g/mol. The van der Waals surface area contributed by atoms with Crippen molar-refractivity contribution in [2.24, 2.45) is 0 Å². The molecule has 1 heterocycles. The Hall–Kier alpha value is -3.99. The van der Waals surface area contributed by atoms with Crippen LogP contribution >= 0.6 is 0 Å². The predicted molar refractivity (Wildman–Crippen MR) is 119 cm³/mol. The van der Waals surface area contributed by atoms with E-state index in [1.165, 1.54) is 5.56 Å². The van der Waals surface area contributed by atoms with Gasteiger partial charge in [0.25, 0.3) is 5.91 Å². The topological polar surface area (TPSA) is 64.1 Å². The summed E-state index contributed by atoms with van der Waals surface area (Å²) in [5.41, 5.74) is 5.02. The van der Waals surface area contributed by atoms with E-state index in [1.807, 2.05) is 79.7 Å². The molecule has 0 saturated heterocycles. The van der Waals surface area contributed by atoms with Gasteiger partial charge in [0.05, 0.1) is 18.5 Å². The number of ether oxygens (including phenoxy) is 1. The highest BCUT2D eigenvalue weighted by Gasteiger charge is 2.12. The second kappa shape index (κ2) is 8.57. The van der Waals surface area contributed by atoms with Crippen molar-refractivity contribution >= 4 is 11.9 Å². The van der Waals surface area contributed by atoms with Gasteiger partial charge in [0.1, 0.15) is 5.75 Å². The van der Waals surface area contributed by atoms with Crippen molar-refractivity contribution in [1.82, 2.24) is 9.97 Å². The number of rotatable bonds is 5. The summed E-state index contributed by atoms with van der Waals surface area (Å²) in [4.78, 5) is 21.8. The molecule has 0 aliphatic rings. The third-order valence-electron chi connectivity index (χ3n) is 4.72. The van der Waals surface area contributed by atoms with Gasteiger partial charge in [-0.25, -0.2) is 9.97 Å². The van der Waals surface area contributed by atoms with Crippen LogP contribution in [0.4, 0.5) is 5.95 Å². The molecule has 3 aromatic carbocycles. The molecule has 0 atom stereocenters. The van der Waals surface area contributed by atoms with Crippen LogP contribution in [0.2, 0.25) is 0 Å². The second-order valence-corrected chi connectivity index (χ2v) is 6.88. The van der Waals surface area contributed by atoms with E-state index in [4.69, 9.17) is 4.74 Å². The number of hydrogen-bond donors (Lipinski definition) is 1. The van der Waals surface area contributed by atoms with Gasteiger partial charge in [-0.3, -0.25) is 10.1 Å². The Balaban J connectivity index is 1.75. The standard InChI is InChI=1S/C25H21N3O2/c1-17-8-10-18(11-9-17)22-16-23(19-12-14-21(30-2)15-13-19)27-25(26-22)28-24(29)20-6-4-3-5-7-20/h3-16H,1-2H3,(H,26,27,28,29). The molecular weight excluding hydrogens is 374 g/mol. The highest BCUT2D eigenvalue weighted by molar-refractivity contribution is 6.03. The van der Waals surface area contributed by atoms with Gasteiger partial charge in [0, 0.05) is 16.7 Å². The average Bonchev–Trinajstić information content (AvgIpc) is 2.80. The van der Waals surface area contributed by atoms with E-state index >= 15 is 0 Å². The number of carbonyl (C=O) groups excluding carboxylic acids is 1. The molecule has 0 fully saturated rings. The maximum Gasteiger partial charge on any atom is 0.258 e. The highest BCUT2D eigenvalue weighted by atomic mass is 16.5. The van der Waals surface area contributed by atoms with Crippen LogP contribution in [0.25, 0.3) is 22.5 Å². The lowest BCUT2D eigenvalue weighted by molar-refractivity contribution is 0.102. The van der Waals surface area contributed by atoms with Gasteiger partial charge >= 0.3 is 0 Å². The maximum atomic E-state index is 12.6. The SMILES string of the molecule is COc1ccc(-c2cc(-c3ccc(C)cc3)nc(NC(=O)c3ccccc3)n2)cc1. The molecule has 0 saturated carbocycles. The van der Waals surface area contributed by atoms with Crippen LogP contribution in [0, 0.1) is 6.92 Å². The number of nitrogens with zero attached hydrogens (tertiary/aromatic N) is 2. The lowest BCUT2D eigenvalue weighted by atomic mass is 10.1. The zero-order chi connectivity index (χ0) is 20.9. The molecule has 1 aromatic heterocycles. The second-order valence-electron chi connectivity index (χ2n) is 6.88. The molecule has 4 aromatic rings. The van der Waals surface area contributed by atoms with Crippen LogP contribution in [0.1, 0.15) is 15.9 Å². The number of aromatic nitrogens is 2. The minimum Gasteiger partial charge on any atom is -0.497 e. The number of aryl methyl sites for hydroxylation is 1. The molecule has 1 amide bonds. The lowest BCUT2D eigenvalue weighted by Crippen LogP contribution is -2.14. The van der Waals surface area contributed by atoms with E-state index in [9.17, 15) is 4.79 Å². The number of amides is 1. The Labute approximate surface area is 175 Å². The first kappa shape index (κ1) is 19.3. The van der Waals surface area contributed by atoms with Crippen LogP contribution in [0.5, 0.6) is 5.75 Å². The van der Waals surface area contributed by atoms with Gasteiger partial charge in [-0.05, 0) is 49.4 Å². The first-order valence-corrected chi connectivity index (χ1v) is 9.59. The quantitative estimate of drug-likeness (QED) is 0.493. The van der Waals surface area contributed by atoms with E-state index in [1.54, 1.807) is 19.2 Å². The van der Waals surface area contributed by atoms with Gasteiger partial charge in [0.15, 0.2) is 0 Å². The molecule has 4 rings (SSSR count). The summed E-state index contributed by atoms with van der Waals surface area (Å²) in [6, 6.07) is 26.7. The van der Waals surface area contributed by atoms with Crippen molar-refractivity contribution in [3.63, 3.8) is 0 Å². The van der Waals surface area contributed by atoms with Crippen molar-refractivity contribution in [2.75, 3.05) is 12.4 Å². The first-order valence-electron chi connectivity index (χ1n) is 9.59. The summed E-state index contributed by atoms with van der Waals surface area (Å²) in [6.45, 7) is 2.04.